The van der Waals surface area contributed by atoms with Gasteiger partial charge in [0.05, 0.1) is 19.9 Å². The van der Waals surface area contributed by atoms with Gasteiger partial charge in [0.1, 0.15) is 5.75 Å². The summed E-state index contributed by atoms with van der Waals surface area (Å²) in [5.41, 5.74) is 1.61. The summed E-state index contributed by atoms with van der Waals surface area (Å²) in [6, 6.07) is 11.5. The van der Waals surface area contributed by atoms with Gasteiger partial charge in [-0.25, -0.2) is 15.3 Å². The molecule has 0 radical (unpaired) electrons. The molecule has 3 rings (SSSR count). The number of methoxy groups -OCH3 is 1. The molecule has 1 aromatic heterocycles. The van der Waals surface area contributed by atoms with E-state index >= 15 is 0 Å². The van der Waals surface area contributed by atoms with Gasteiger partial charge in [-0.3, -0.25) is 14.6 Å². The number of benzene rings is 2. The van der Waals surface area contributed by atoms with Crippen molar-refractivity contribution in [1.82, 2.24) is 20.6 Å². The molecule has 1 heterocycles. The highest BCUT2D eigenvalue weighted by molar-refractivity contribution is 6.02. The zero-order chi connectivity index (χ0) is 19.2. The van der Waals surface area contributed by atoms with E-state index in [0.717, 1.165) is 16.3 Å². The van der Waals surface area contributed by atoms with Crippen LogP contribution in [0.1, 0.15) is 5.56 Å². The van der Waals surface area contributed by atoms with Gasteiger partial charge in [-0.2, -0.15) is 5.10 Å². The number of rotatable bonds is 6. The largest absolute Gasteiger partial charge is 0.496 e. The third-order valence-corrected chi connectivity index (χ3v) is 3.66. The van der Waals surface area contributed by atoms with Crippen LogP contribution < -0.4 is 26.7 Å². The van der Waals surface area contributed by atoms with E-state index in [1.807, 2.05) is 41.4 Å². The average Bonchev–Trinajstić information content (AvgIpc) is 2.67. The SMILES string of the molecule is COc1ccc2ccccc2c1C=NNC(=O)CNc1n[nH]c(=O)[nH]c1=O. The van der Waals surface area contributed by atoms with Gasteiger partial charge in [-0.05, 0) is 16.8 Å². The highest BCUT2D eigenvalue weighted by atomic mass is 16.5. The number of nitrogens with one attached hydrogen (secondary N) is 4. The number of anilines is 1. The van der Waals surface area contributed by atoms with Gasteiger partial charge >= 0.3 is 5.69 Å². The van der Waals surface area contributed by atoms with Gasteiger partial charge in [0, 0.05) is 5.56 Å². The zero-order valence-electron chi connectivity index (χ0n) is 14.3. The number of carbonyl (C=O) groups excluding carboxylic acids is 1. The Morgan fingerprint density at radius 3 is 2.85 bits per heavy atom. The first-order valence-corrected chi connectivity index (χ1v) is 7.89. The van der Waals surface area contributed by atoms with E-state index in [9.17, 15) is 14.4 Å². The lowest BCUT2D eigenvalue weighted by Gasteiger charge is -2.08. The molecule has 0 aliphatic carbocycles. The summed E-state index contributed by atoms with van der Waals surface area (Å²) < 4.78 is 5.35. The van der Waals surface area contributed by atoms with E-state index in [1.54, 1.807) is 7.11 Å². The van der Waals surface area contributed by atoms with Crippen LogP contribution >= 0.6 is 0 Å². The smallest absolute Gasteiger partial charge is 0.342 e. The highest BCUT2D eigenvalue weighted by Gasteiger charge is 2.07. The lowest BCUT2D eigenvalue weighted by molar-refractivity contribution is -0.119. The van der Waals surface area contributed by atoms with Crippen LogP contribution in [0.25, 0.3) is 10.8 Å². The molecule has 27 heavy (non-hydrogen) atoms. The van der Waals surface area contributed by atoms with Crippen LogP contribution in [0.2, 0.25) is 0 Å². The van der Waals surface area contributed by atoms with Gasteiger partial charge in [-0.1, -0.05) is 30.3 Å². The first-order chi connectivity index (χ1) is 13.1. The van der Waals surface area contributed by atoms with E-state index in [2.05, 4.69) is 26.0 Å². The number of aromatic nitrogens is 3. The second-order valence-corrected chi connectivity index (χ2v) is 5.40. The maximum atomic E-state index is 11.9. The molecular formula is C17H16N6O4. The Hall–Kier alpha value is -3.95. The Bertz CT molecular complexity index is 1120. The van der Waals surface area contributed by atoms with Crippen LogP contribution in [0.5, 0.6) is 5.75 Å². The third-order valence-electron chi connectivity index (χ3n) is 3.66. The Morgan fingerprint density at radius 1 is 1.26 bits per heavy atom. The number of aromatic amines is 2. The van der Waals surface area contributed by atoms with Crippen molar-refractivity contribution in [2.75, 3.05) is 19.0 Å². The van der Waals surface area contributed by atoms with Crippen molar-refractivity contribution in [2.24, 2.45) is 5.10 Å². The summed E-state index contributed by atoms with van der Waals surface area (Å²) >= 11 is 0. The number of nitrogens with zero attached hydrogens (tertiary/aromatic N) is 2. The Morgan fingerprint density at radius 2 is 2.07 bits per heavy atom. The summed E-state index contributed by atoms with van der Waals surface area (Å²) in [5, 5.41) is 14.0. The van der Waals surface area contributed by atoms with Crippen LogP contribution in [0, 0.1) is 0 Å². The molecule has 0 bridgehead atoms. The minimum Gasteiger partial charge on any atom is -0.496 e. The monoisotopic (exact) mass is 368 g/mol. The van der Waals surface area contributed by atoms with Gasteiger partial charge in [0.2, 0.25) is 5.82 Å². The Kier molecular flexibility index (Phi) is 5.26. The van der Waals surface area contributed by atoms with Crippen LogP contribution in [0.3, 0.4) is 0 Å². The molecule has 0 saturated heterocycles. The van der Waals surface area contributed by atoms with E-state index < -0.39 is 17.2 Å². The average molecular weight is 368 g/mol. The molecule has 0 aliphatic heterocycles. The molecule has 10 nitrogen and oxygen atoms in total. The normalized spacial score (nSPS) is 10.9. The van der Waals surface area contributed by atoms with Crippen LogP contribution in [-0.4, -0.2) is 41.0 Å². The van der Waals surface area contributed by atoms with Crippen LogP contribution in [0.4, 0.5) is 5.82 Å². The third kappa shape index (κ3) is 4.18. The number of amides is 1. The van der Waals surface area contributed by atoms with E-state index in [4.69, 9.17) is 4.74 Å². The molecule has 3 aromatic rings. The standard InChI is InChI=1S/C17H16N6O4/c1-27-13-7-6-10-4-2-3-5-11(10)12(13)8-19-21-14(24)9-18-15-16(25)20-17(26)23-22-15/h2-8H,9H2,1H3,(H,18,22)(H,21,24)(H2,20,23,25,26). The molecule has 0 spiro atoms. The van der Waals surface area contributed by atoms with Gasteiger partial charge in [-0.15, -0.1) is 5.10 Å². The van der Waals surface area contributed by atoms with E-state index in [1.165, 1.54) is 6.21 Å². The number of ether oxygens (including phenoxy) is 1. The predicted molar refractivity (Wildman–Crippen MR) is 100 cm³/mol. The van der Waals surface area contributed by atoms with Gasteiger partial charge < -0.3 is 10.1 Å². The summed E-state index contributed by atoms with van der Waals surface area (Å²) in [5.74, 6) is -0.0592. The van der Waals surface area contributed by atoms with Crippen molar-refractivity contribution < 1.29 is 9.53 Å². The summed E-state index contributed by atoms with van der Waals surface area (Å²) in [6.45, 7) is -0.258. The number of hydrogen-bond acceptors (Lipinski definition) is 7. The van der Waals surface area contributed by atoms with Crippen molar-refractivity contribution >= 4 is 28.7 Å². The van der Waals surface area contributed by atoms with Gasteiger partial charge in [0.25, 0.3) is 11.5 Å². The molecular weight excluding hydrogens is 352 g/mol. The topological polar surface area (TPSA) is 141 Å². The van der Waals surface area contributed by atoms with E-state index in [-0.39, 0.29) is 12.4 Å². The number of H-pyrrole nitrogens is 2. The fourth-order valence-corrected chi connectivity index (χ4v) is 2.43. The first kappa shape index (κ1) is 17.9. The van der Waals surface area contributed by atoms with Crippen molar-refractivity contribution in [3.8, 4) is 5.75 Å². The molecule has 138 valence electrons. The number of carbonyl (C=O) groups is 1. The van der Waals surface area contributed by atoms with Crippen molar-refractivity contribution in [1.29, 1.82) is 0 Å². The summed E-state index contributed by atoms with van der Waals surface area (Å²) in [4.78, 5) is 36.2. The fraction of sp³-hybridized carbons (Fsp3) is 0.118. The van der Waals surface area contributed by atoms with Crippen LogP contribution in [0.15, 0.2) is 51.1 Å². The lowest BCUT2D eigenvalue weighted by atomic mass is 10.0. The Labute approximate surface area is 152 Å². The molecule has 0 unspecified atom stereocenters. The van der Waals surface area contributed by atoms with Crippen LogP contribution in [-0.2, 0) is 4.79 Å². The van der Waals surface area contributed by atoms with Crippen molar-refractivity contribution in [3.05, 3.63) is 62.8 Å². The minimum atomic E-state index is -0.733. The van der Waals surface area contributed by atoms with Gasteiger partial charge in [0.15, 0.2) is 0 Å². The number of hydrogen-bond donors (Lipinski definition) is 4. The lowest BCUT2D eigenvalue weighted by Crippen LogP contribution is -2.31. The van der Waals surface area contributed by atoms with Crippen molar-refractivity contribution in [3.63, 3.8) is 0 Å². The summed E-state index contributed by atoms with van der Waals surface area (Å²) in [7, 11) is 1.55. The molecule has 1 amide bonds. The second kappa shape index (κ2) is 7.95. The first-order valence-electron chi connectivity index (χ1n) is 7.89. The van der Waals surface area contributed by atoms with E-state index in [0.29, 0.717) is 5.75 Å². The predicted octanol–water partition coefficient (Wildman–Crippen LogP) is 0.182. The fourth-order valence-electron chi connectivity index (χ4n) is 2.43. The maximum Gasteiger partial charge on any atom is 0.342 e. The highest BCUT2D eigenvalue weighted by Crippen LogP contribution is 2.26. The Balaban J connectivity index is 1.68. The number of hydrazone groups is 1. The molecule has 4 N–H and O–H groups in total. The molecule has 0 fully saturated rings. The molecule has 0 aliphatic rings. The zero-order valence-corrected chi connectivity index (χ0v) is 14.3. The molecule has 10 heteroatoms. The summed E-state index contributed by atoms with van der Waals surface area (Å²) in [6.07, 6.45) is 1.49. The maximum absolute atomic E-state index is 11.9. The minimum absolute atomic E-state index is 0.176. The molecule has 0 saturated carbocycles. The van der Waals surface area contributed by atoms with Crippen molar-refractivity contribution in [2.45, 2.75) is 0 Å². The molecule has 0 atom stereocenters. The second-order valence-electron chi connectivity index (χ2n) is 5.40. The molecule has 2 aromatic carbocycles. The quantitative estimate of drug-likeness (QED) is 0.361. The number of fused-ring (bicyclic) bond motifs is 1.